The molecule has 98 valence electrons. The minimum absolute atomic E-state index is 0.359. The van der Waals surface area contributed by atoms with Gasteiger partial charge < -0.3 is 5.32 Å². The number of benzene rings is 1. The Morgan fingerprint density at radius 2 is 2.17 bits per heavy atom. The normalized spacial score (nSPS) is 18.6. The lowest BCUT2D eigenvalue weighted by Crippen LogP contribution is -2.45. The number of hydrogen-bond acceptors (Lipinski definition) is 2. The number of halogens is 2. The van der Waals surface area contributed by atoms with Crippen LogP contribution in [0.2, 0.25) is 5.02 Å². The molecule has 1 N–H and O–H groups in total. The van der Waals surface area contributed by atoms with Gasteiger partial charge in [-0.05, 0) is 30.2 Å². The SMILES string of the molecule is C=CC[C@H](c1cc(Cl)ccc1Br)N1CCNCC1. The summed E-state index contributed by atoms with van der Waals surface area (Å²) in [5.41, 5.74) is 1.25. The standard InChI is InChI=1S/C14H18BrClN2/c1-2-3-14(18-8-6-17-7-9-18)12-10-11(16)4-5-13(12)15/h2,4-5,10,14,17H,1,3,6-9H2/t14-/m1/s1. The first-order chi connectivity index (χ1) is 8.72. The topological polar surface area (TPSA) is 15.3 Å². The van der Waals surface area contributed by atoms with E-state index in [4.69, 9.17) is 11.6 Å². The molecular formula is C14H18BrClN2. The van der Waals surface area contributed by atoms with Gasteiger partial charge in [0.05, 0.1) is 0 Å². The molecule has 1 saturated heterocycles. The number of hydrogen-bond donors (Lipinski definition) is 1. The van der Waals surface area contributed by atoms with E-state index in [1.807, 2.05) is 18.2 Å². The molecule has 0 saturated carbocycles. The highest BCUT2D eigenvalue weighted by atomic mass is 79.9. The molecule has 1 atom stereocenters. The summed E-state index contributed by atoms with van der Waals surface area (Å²) in [6.07, 6.45) is 2.93. The summed E-state index contributed by atoms with van der Waals surface area (Å²) in [7, 11) is 0. The molecule has 0 radical (unpaired) electrons. The van der Waals surface area contributed by atoms with Crippen molar-refractivity contribution in [3.05, 3.63) is 45.9 Å². The van der Waals surface area contributed by atoms with Gasteiger partial charge in [-0.1, -0.05) is 33.6 Å². The second-order valence-corrected chi connectivity index (χ2v) is 5.78. The van der Waals surface area contributed by atoms with Crippen LogP contribution in [0, 0.1) is 0 Å². The van der Waals surface area contributed by atoms with Gasteiger partial charge in [-0.3, -0.25) is 4.90 Å². The quantitative estimate of drug-likeness (QED) is 0.849. The molecule has 2 nitrogen and oxygen atoms in total. The summed E-state index contributed by atoms with van der Waals surface area (Å²) in [5.74, 6) is 0. The summed E-state index contributed by atoms with van der Waals surface area (Å²) in [5, 5.41) is 4.17. The lowest BCUT2D eigenvalue weighted by molar-refractivity contribution is 0.174. The third kappa shape index (κ3) is 3.35. The fraction of sp³-hybridized carbons (Fsp3) is 0.429. The number of rotatable bonds is 4. The summed E-state index contributed by atoms with van der Waals surface area (Å²) >= 11 is 9.75. The number of nitrogens with zero attached hydrogens (tertiary/aromatic N) is 1. The van der Waals surface area contributed by atoms with Crippen LogP contribution in [0.4, 0.5) is 0 Å². The average Bonchev–Trinajstić information content (AvgIpc) is 2.40. The van der Waals surface area contributed by atoms with E-state index in [1.54, 1.807) is 0 Å². The van der Waals surface area contributed by atoms with E-state index in [0.29, 0.717) is 6.04 Å². The van der Waals surface area contributed by atoms with Crippen molar-refractivity contribution in [2.45, 2.75) is 12.5 Å². The van der Waals surface area contributed by atoms with E-state index in [1.165, 1.54) is 5.56 Å². The molecule has 0 spiro atoms. The van der Waals surface area contributed by atoms with Gasteiger partial charge in [-0.2, -0.15) is 0 Å². The lowest BCUT2D eigenvalue weighted by Gasteiger charge is -2.35. The van der Waals surface area contributed by atoms with Crippen molar-refractivity contribution < 1.29 is 0 Å². The van der Waals surface area contributed by atoms with Crippen molar-refractivity contribution in [1.29, 1.82) is 0 Å². The van der Waals surface area contributed by atoms with Crippen molar-refractivity contribution in [2.75, 3.05) is 26.2 Å². The van der Waals surface area contributed by atoms with E-state index in [0.717, 1.165) is 42.1 Å². The molecular weight excluding hydrogens is 312 g/mol. The molecule has 18 heavy (non-hydrogen) atoms. The third-order valence-electron chi connectivity index (χ3n) is 3.30. The van der Waals surface area contributed by atoms with E-state index in [2.05, 4.69) is 38.8 Å². The van der Waals surface area contributed by atoms with Crippen LogP contribution in [0.15, 0.2) is 35.3 Å². The maximum absolute atomic E-state index is 6.12. The van der Waals surface area contributed by atoms with Crippen molar-refractivity contribution >= 4 is 27.5 Å². The molecule has 1 aromatic carbocycles. The van der Waals surface area contributed by atoms with Crippen LogP contribution in [-0.2, 0) is 0 Å². The molecule has 2 rings (SSSR count). The Morgan fingerprint density at radius 1 is 1.44 bits per heavy atom. The average molecular weight is 330 g/mol. The maximum atomic E-state index is 6.12. The highest BCUT2D eigenvalue weighted by Gasteiger charge is 2.22. The monoisotopic (exact) mass is 328 g/mol. The predicted molar refractivity (Wildman–Crippen MR) is 81.1 cm³/mol. The van der Waals surface area contributed by atoms with Gasteiger partial charge in [-0.25, -0.2) is 0 Å². The zero-order valence-corrected chi connectivity index (χ0v) is 12.7. The van der Waals surface area contributed by atoms with Gasteiger partial charge in [0.2, 0.25) is 0 Å². The van der Waals surface area contributed by atoms with Crippen molar-refractivity contribution in [3.63, 3.8) is 0 Å². The van der Waals surface area contributed by atoms with E-state index < -0.39 is 0 Å². The second kappa shape index (κ2) is 6.71. The Labute approximate surface area is 122 Å². The Hall–Kier alpha value is -0.350. The Balaban J connectivity index is 2.27. The Kier molecular flexibility index (Phi) is 5.25. The summed E-state index contributed by atoms with van der Waals surface area (Å²) in [6, 6.07) is 6.35. The summed E-state index contributed by atoms with van der Waals surface area (Å²) < 4.78 is 1.12. The minimum atomic E-state index is 0.359. The molecule has 0 unspecified atom stereocenters. The lowest BCUT2D eigenvalue weighted by atomic mass is 10.0. The molecule has 0 bridgehead atoms. The first-order valence-electron chi connectivity index (χ1n) is 6.23. The highest BCUT2D eigenvalue weighted by Crippen LogP contribution is 2.32. The van der Waals surface area contributed by atoms with E-state index in [-0.39, 0.29) is 0 Å². The second-order valence-electron chi connectivity index (χ2n) is 4.49. The fourth-order valence-corrected chi connectivity index (χ4v) is 3.09. The molecule has 1 aliphatic heterocycles. The first kappa shape index (κ1) is 14.1. The van der Waals surface area contributed by atoms with Crippen molar-refractivity contribution in [3.8, 4) is 0 Å². The molecule has 1 heterocycles. The summed E-state index contributed by atoms with van der Waals surface area (Å²) in [6.45, 7) is 8.11. The number of piperazine rings is 1. The maximum Gasteiger partial charge on any atom is 0.0410 e. The molecule has 1 aliphatic rings. The minimum Gasteiger partial charge on any atom is -0.314 e. The van der Waals surface area contributed by atoms with E-state index in [9.17, 15) is 0 Å². The van der Waals surface area contributed by atoms with Gasteiger partial charge in [0.25, 0.3) is 0 Å². The van der Waals surface area contributed by atoms with Crippen molar-refractivity contribution in [1.82, 2.24) is 10.2 Å². The number of nitrogens with one attached hydrogen (secondary N) is 1. The van der Waals surface area contributed by atoms with Crippen LogP contribution in [-0.4, -0.2) is 31.1 Å². The van der Waals surface area contributed by atoms with Gasteiger partial charge >= 0.3 is 0 Å². The molecule has 4 heteroatoms. The molecule has 0 aromatic heterocycles. The molecule has 1 fully saturated rings. The zero-order valence-electron chi connectivity index (χ0n) is 10.3. The Bertz CT molecular complexity index is 416. The van der Waals surface area contributed by atoms with Gasteiger partial charge in [0, 0.05) is 41.7 Å². The highest BCUT2D eigenvalue weighted by molar-refractivity contribution is 9.10. The molecule has 1 aromatic rings. The van der Waals surface area contributed by atoms with Crippen LogP contribution in [0.1, 0.15) is 18.0 Å². The largest absolute Gasteiger partial charge is 0.314 e. The predicted octanol–water partition coefficient (Wildman–Crippen LogP) is 3.62. The van der Waals surface area contributed by atoms with Crippen LogP contribution in [0.3, 0.4) is 0 Å². The van der Waals surface area contributed by atoms with Crippen LogP contribution >= 0.6 is 27.5 Å². The fourth-order valence-electron chi connectivity index (χ4n) is 2.39. The van der Waals surface area contributed by atoms with Crippen molar-refractivity contribution in [2.24, 2.45) is 0 Å². The molecule has 0 amide bonds. The van der Waals surface area contributed by atoms with Gasteiger partial charge in [-0.15, -0.1) is 6.58 Å². The van der Waals surface area contributed by atoms with Crippen LogP contribution in [0.25, 0.3) is 0 Å². The van der Waals surface area contributed by atoms with Gasteiger partial charge in [0.1, 0.15) is 0 Å². The van der Waals surface area contributed by atoms with Crippen LogP contribution < -0.4 is 5.32 Å². The zero-order chi connectivity index (χ0) is 13.0. The van der Waals surface area contributed by atoms with E-state index >= 15 is 0 Å². The smallest absolute Gasteiger partial charge is 0.0410 e. The molecule has 0 aliphatic carbocycles. The summed E-state index contributed by atoms with van der Waals surface area (Å²) in [4.78, 5) is 2.49. The first-order valence-corrected chi connectivity index (χ1v) is 7.40. The third-order valence-corrected chi connectivity index (χ3v) is 4.26. The Morgan fingerprint density at radius 3 is 2.83 bits per heavy atom. The van der Waals surface area contributed by atoms with Crippen LogP contribution in [0.5, 0.6) is 0 Å². The van der Waals surface area contributed by atoms with Gasteiger partial charge in [0.15, 0.2) is 0 Å².